The van der Waals surface area contributed by atoms with Crippen molar-refractivity contribution < 1.29 is 26.3 Å². The van der Waals surface area contributed by atoms with E-state index in [1.807, 2.05) is 15.1 Å². The SMILES string of the molecule is CCN1CCN(C(=O)N(C)[I-]C)CC1. The van der Waals surface area contributed by atoms with Crippen LogP contribution in [-0.2, 0) is 0 Å². The van der Waals surface area contributed by atoms with Gasteiger partial charge in [0.2, 0.25) is 0 Å². The van der Waals surface area contributed by atoms with E-state index in [4.69, 9.17) is 0 Å². The van der Waals surface area contributed by atoms with E-state index in [9.17, 15) is 4.79 Å². The summed E-state index contributed by atoms with van der Waals surface area (Å²) in [4.78, 5) is 18.2. The first kappa shape index (κ1) is 12.0. The number of amides is 2. The van der Waals surface area contributed by atoms with Crippen molar-refractivity contribution in [2.24, 2.45) is 0 Å². The molecule has 0 radical (unpaired) electrons. The summed E-state index contributed by atoms with van der Waals surface area (Å²) in [6, 6.07) is 0.219. The fourth-order valence-corrected chi connectivity index (χ4v) is 2.24. The first-order valence-electron chi connectivity index (χ1n) is 4.93. The first-order chi connectivity index (χ1) is 6.69. The summed E-state index contributed by atoms with van der Waals surface area (Å²) in [6.07, 6.45) is 0. The molecule has 0 bridgehead atoms. The summed E-state index contributed by atoms with van der Waals surface area (Å²) in [7, 11) is 1.90. The standard InChI is InChI=1S/C9H19IN3O/c1-4-12-5-7-13(8-6-12)9(14)11(3)10-2/h4-8H2,1-3H3/q-1. The van der Waals surface area contributed by atoms with Crippen LogP contribution in [0.1, 0.15) is 6.92 Å². The normalized spacial score (nSPS) is 18.6. The molecule has 0 saturated carbocycles. The molecule has 1 rings (SSSR count). The van der Waals surface area contributed by atoms with Crippen molar-refractivity contribution in [3.8, 4) is 0 Å². The predicted octanol–water partition coefficient (Wildman–Crippen LogP) is -2.69. The van der Waals surface area contributed by atoms with Gasteiger partial charge in [0.15, 0.2) is 0 Å². The molecule has 4 nitrogen and oxygen atoms in total. The van der Waals surface area contributed by atoms with Gasteiger partial charge >= 0.3 is 96.8 Å². The van der Waals surface area contributed by atoms with Crippen molar-refractivity contribution in [2.45, 2.75) is 6.92 Å². The van der Waals surface area contributed by atoms with Crippen molar-refractivity contribution >= 4 is 6.03 Å². The molecule has 1 fully saturated rings. The van der Waals surface area contributed by atoms with E-state index in [0.29, 0.717) is 0 Å². The summed E-state index contributed by atoms with van der Waals surface area (Å²) >= 11 is -0.109. The van der Waals surface area contributed by atoms with E-state index in [1.54, 1.807) is 0 Å². The van der Waals surface area contributed by atoms with Crippen LogP contribution in [0.2, 0.25) is 0 Å². The number of hydrogen-bond acceptors (Lipinski definition) is 2. The molecule has 0 spiro atoms. The Labute approximate surface area is 96.8 Å². The Hall–Kier alpha value is -0.0400. The zero-order valence-corrected chi connectivity index (χ0v) is 11.3. The third kappa shape index (κ3) is 2.98. The van der Waals surface area contributed by atoms with Crippen LogP contribution >= 0.6 is 0 Å². The second-order valence-corrected chi connectivity index (χ2v) is 5.76. The maximum atomic E-state index is 11.8. The Bertz CT molecular complexity index is 192. The third-order valence-corrected chi connectivity index (χ3v) is 4.47. The van der Waals surface area contributed by atoms with Gasteiger partial charge in [0.25, 0.3) is 0 Å². The van der Waals surface area contributed by atoms with Crippen molar-refractivity contribution in [1.29, 1.82) is 0 Å². The molecular weight excluding hydrogens is 293 g/mol. The number of nitrogens with zero attached hydrogens (tertiary/aromatic N) is 3. The van der Waals surface area contributed by atoms with E-state index in [1.165, 1.54) is 0 Å². The van der Waals surface area contributed by atoms with Gasteiger partial charge in [-0.15, -0.1) is 0 Å². The zero-order valence-electron chi connectivity index (χ0n) is 9.16. The molecular formula is C9H19IN3O-. The Morgan fingerprint density at radius 1 is 1.36 bits per heavy atom. The van der Waals surface area contributed by atoms with Gasteiger partial charge in [0, 0.05) is 0 Å². The molecule has 1 aliphatic heterocycles. The van der Waals surface area contributed by atoms with Crippen LogP contribution in [0.25, 0.3) is 0 Å². The minimum atomic E-state index is -0.109. The van der Waals surface area contributed by atoms with Gasteiger partial charge in [0.1, 0.15) is 0 Å². The summed E-state index contributed by atoms with van der Waals surface area (Å²) in [5, 5.41) is 0. The number of rotatable bonds is 2. The molecule has 0 aromatic heterocycles. The fraction of sp³-hybridized carbons (Fsp3) is 0.889. The van der Waals surface area contributed by atoms with E-state index in [0.717, 1.165) is 32.7 Å². The van der Waals surface area contributed by atoms with Crippen molar-refractivity contribution in [3.63, 3.8) is 0 Å². The van der Waals surface area contributed by atoms with Crippen molar-refractivity contribution in [1.82, 2.24) is 12.9 Å². The Morgan fingerprint density at radius 3 is 2.36 bits per heavy atom. The number of carbonyl (C=O) groups is 1. The zero-order chi connectivity index (χ0) is 10.6. The van der Waals surface area contributed by atoms with Crippen LogP contribution in [0, 0.1) is 0 Å². The van der Waals surface area contributed by atoms with E-state index >= 15 is 0 Å². The Balaban J connectivity index is 2.37. The molecule has 0 atom stereocenters. The quantitative estimate of drug-likeness (QED) is 0.315. The van der Waals surface area contributed by atoms with Crippen molar-refractivity contribution in [2.75, 3.05) is 44.7 Å². The Morgan fingerprint density at radius 2 is 1.93 bits per heavy atom. The van der Waals surface area contributed by atoms with Crippen molar-refractivity contribution in [3.05, 3.63) is 0 Å². The number of halogens is 1. The monoisotopic (exact) mass is 312 g/mol. The summed E-state index contributed by atoms with van der Waals surface area (Å²) in [6.45, 7) is 7.09. The van der Waals surface area contributed by atoms with Crippen LogP contribution in [0.3, 0.4) is 0 Å². The van der Waals surface area contributed by atoms with Crippen LogP contribution < -0.4 is 21.5 Å². The molecule has 0 unspecified atom stereocenters. The Kier molecular flexibility index (Phi) is 4.94. The average molecular weight is 312 g/mol. The molecule has 0 N–H and O–H groups in total. The van der Waals surface area contributed by atoms with Crippen LogP contribution in [0.4, 0.5) is 4.79 Å². The summed E-state index contributed by atoms with van der Waals surface area (Å²) in [5.74, 6) is 0. The van der Waals surface area contributed by atoms with E-state index in [2.05, 4.69) is 16.8 Å². The topological polar surface area (TPSA) is 26.8 Å². The van der Waals surface area contributed by atoms with E-state index in [-0.39, 0.29) is 27.5 Å². The second kappa shape index (κ2) is 5.75. The van der Waals surface area contributed by atoms with Crippen LogP contribution in [0.5, 0.6) is 0 Å². The van der Waals surface area contributed by atoms with Crippen LogP contribution in [-0.4, -0.2) is 63.6 Å². The maximum absolute atomic E-state index is 11.8. The van der Waals surface area contributed by atoms with Gasteiger partial charge in [-0.3, -0.25) is 0 Å². The third-order valence-electron chi connectivity index (χ3n) is 2.61. The number of hydrogen-bond donors (Lipinski definition) is 0. The fourth-order valence-electron chi connectivity index (χ4n) is 1.52. The number of piperazine rings is 1. The molecule has 1 heterocycles. The van der Waals surface area contributed by atoms with Gasteiger partial charge in [0.05, 0.1) is 0 Å². The second-order valence-electron chi connectivity index (χ2n) is 3.35. The number of likely N-dealkylation sites (N-methyl/N-ethyl adjacent to an activating group) is 1. The molecule has 1 saturated heterocycles. The average Bonchev–Trinajstić information content (AvgIpc) is 2.27. The van der Waals surface area contributed by atoms with Gasteiger partial charge in [-0.25, -0.2) is 0 Å². The number of urea groups is 1. The minimum absolute atomic E-state index is 0.109. The molecule has 5 heteroatoms. The summed E-state index contributed by atoms with van der Waals surface area (Å²) < 4.78 is 1.88. The van der Waals surface area contributed by atoms with Crippen LogP contribution in [0.15, 0.2) is 0 Å². The van der Waals surface area contributed by atoms with Gasteiger partial charge in [-0.05, 0) is 0 Å². The van der Waals surface area contributed by atoms with E-state index < -0.39 is 0 Å². The molecule has 1 aliphatic rings. The summed E-state index contributed by atoms with van der Waals surface area (Å²) in [5.41, 5.74) is 0. The first-order valence-corrected chi connectivity index (χ1v) is 8.06. The molecule has 0 aromatic carbocycles. The number of carbonyl (C=O) groups excluding carboxylic acids is 1. The number of alkyl halides is 1. The predicted molar refractivity (Wildman–Crippen MR) is 52.8 cm³/mol. The molecule has 2 amide bonds. The molecule has 14 heavy (non-hydrogen) atoms. The van der Waals surface area contributed by atoms with Gasteiger partial charge < -0.3 is 0 Å². The van der Waals surface area contributed by atoms with Gasteiger partial charge in [-0.1, -0.05) is 0 Å². The molecule has 84 valence electrons. The molecule has 0 aliphatic carbocycles. The molecule has 0 aromatic rings. The van der Waals surface area contributed by atoms with Gasteiger partial charge in [-0.2, -0.15) is 0 Å².